The maximum atomic E-state index is 13.2. The van der Waals surface area contributed by atoms with Crippen molar-refractivity contribution in [3.63, 3.8) is 0 Å². The number of nitrogens with one attached hydrogen (secondary N) is 2. The van der Waals surface area contributed by atoms with Crippen molar-refractivity contribution < 1.29 is 9.59 Å². The molecule has 0 saturated heterocycles. The van der Waals surface area contributed by atoms with Gasteiger partial charge in [0.05, 0.1) is 35.7 Å². The van der Waals surface area contributed by atoms with Gasteiger partial charge in [-0.25, -0.2) is 0 Å². The Morgan fingerprint density at radius 2 is 1.69 bits per heavy atom. The SMILES string of the molecule is Cc1ccc(-c2nn(Cc3ccccc3)cc2C(=O)NCC(=O)Nc2c(C)nn(C)c2C)cc1C. The topological polar surface area (TPSA) is 93.8 Å². The first kappa shape index (κ1) is 23.9. The Hall–Kier alpha value is -4.20. The van der Waals surface area contributed by atoms with Crippen molar-refractivity contribution in [3.05, 3.63) is 88.4 Å². The van der Waals surface area contributed by atoms with Gasteiger partial charge in [-0.1, -0.05) is 42.5 Å². The van der Waals surface area contributed by atoms with Gasteiger partial charge >= 0.3 is 0 Å². The molecule has 2 aromatic heterocycles. The molecule has 0 fully saturated rings. The predicted octanol–water partition coefficient (Wildman–Crippen LogP) is 3.93. The highest BCUT2D eigenvalue weighted by molar-refractivity contribution is 6.03. The number of amides is 2. The fraction of sp³-hybridized carbons (Fsp3) is 0.259. The number of hydrogen-bond donors (Lipinski definition) is 2. The molecular formula is C27H30N6O2. The number of benzene rings is 2. The summed E-state index contributed by atoms with van der Waals surface area (Å²) in [5.74, 6) is -0.672. The number of hydrogen-bond acceptors (Lipinski definition) is 4. The summed E-state index contributed by atoms with van der Waals surface area (Å²) in [5, 5.41) is 14.6. The zero-order valence-electron chi connectivity index (χ0n) is 20.7. The number of nitrogens with zero attached hydrogens (tertiary/aromatic N) is 4. The van der Waals surface area contributed by atoms with Gasteiger partial charge in [-0.2, -0.15) is 10.2 Å². The summed E-state index contributed by atoms with van der Waals surface area (Å²) in [6.45, 7) is 8.16. The fourth-order valence-corrected chi connectivity index (χ4v) is 3.93. The summed E-state index contributed by atoms with van der Waals surface area (Å²) in [5.41, 5.74) is 7.47. The van der Waals surface area contributed by atoms with E-state index in [1.54, 1.807) is 15.6 Å². The number of rotatable bonds is 7. The lowest BCUT2D eigenvalue weighted by Crippen LogP contribution is -2.33. The van der Waals surface area contributed by atoms with Crippen molar-refractivity contribution in [2.45, 2.75) is 34.2 Å². The molecule has 35 heavy (non-hydrogen) atoms. The van der Waals surface area contributed by atoms with Crippen LogP contribution in [-0.4, -0.2) is 37.9 Å². The molecule has 4 aromatic rings. The maximum Gasteiger partial charge on any atom is 0.255 e. The van der Waals surface area contributed by atoms with Crippen molar-refractivity contribution in [2.75, 3.05) is 11.9 Å². The Kier molecular flexibility index (Phi) is 6.82. The van der Waals surface area contributed by atoms with Crippen LogP contribution in [0.5, 0.6) is 0 Å². The molecule has 8 nitrogen and oxygen atoms in total. The van der Waals surface area contributed by atoms with Crippen LogP contribution in [0.1, 0.15) is 38.4 Å². The van der Waals surface area contributed by atoms with Crippen LogP contribution in [0.3, 0.4) is 0 Å². The number of carbonyl (C=O) groups is 2. The lowest BCUT2D eigenvalue weighted by atomic mass is 10.0. The first-order valence-corrected chi connectivity index (χ1v) is 11.5. The summed E-state index contributed by atoms with van der Waals surface area (Å²) < 4.78 is 3.47. The van der Waals surface area contributed by atoms with E-state index in [2.05, 4.69) is 15.7 Å². The van der Waals surface area contributed by atoms with E-state index in [9.17, 15) is 9.59 Å². The molecule has 2 aromatic carbocycles. The minimum absolute atomic E-state index is 0.164. The molecule has 4 rings (SSSR count). The van der Waals surface area contributed by atoms with Crippen molar-refractivity contribution >= 4 is 17.5 Å². The standard InChI is InChI=1S/C27H30N6O2/c1-17-11-12-22(13-18(17)2)26-23(16-33(31-26)15-21-9-7-6-8-10-21)27(35)28-14-24(34)29-25-19(3)30-32(5)20(25)4/h6-13,16H,14-15H2,1-5H3,(H,28,35)(H,29,34). The number of anilines is 1. The molecule has 0 spiro atoms. The van der Waals surface area contributed by atoms with Crippen molar-refractivity contribution in [3.8, 4) is 11.3 Å². The van der Waals surface area contributed by atoms with Gasteiger partial charge < -0.3 is 10.6 Å². The molecule has 0 bridgehead atoms. The molecule has 0 aliphatic carbocycles. The fourth-order valence-electron chi connectivity index (χ4n) is 3.93. The third-order valence-corrected chi connectivity index (χ3v) is 6.16. The third kappa shape index (κ3) is 5.32. The Labute approximate surface area is 205 Å². The smallest absolute Gasteiger partial charge is 0.255 e. The normalized spacial score (nSPS) is 10.9. The highest BCUT2D eigenvalue weighted by Crippen LogP contribution is 2.25. The molecule has 2 N–H and O–H groups in total. The molecule has 0 unspecified atom stereocenters. The van der Waals surface area contributed by atoms with Crippen LogP contribution in [-0.2, 0) is 18.4 Å². The lowest BCUT2D eigenvalue weighted by Gasteiger charge is -2.08. The highest BCUT2D eigenvalue weighted by atomic mass is 16.2. The van der Waals surface area contributed by atoms with E-state index < -0.39 is 0 Å². The molecule has 8 heteroatoms. The predicted molar refractivity (Wildman–Crippen MR) is 136 cm³/mol. The largest absolute Gasteiger partial charge is 0.343 e. The molecule has 0 atom stereocenters. The average Bonchev–Trinajstić information content (AvgIpc) is 3.36. The van der Waals surface area contributed by atoms with Crippen molar-refractivity contribution in [2.24, 2.45) is 7.05 Å². The van der Waals surface area contributed by atoms with Crippen LogP contribution in [0.15, 0.2) is 54.7 Å². The highest BCUT2D eigenvalue weighted by Gasteiger charge is 2.20. The molecule has 0 saturated carbocycles. The van der Waals surface area contributed by atoms with E-state index in [1.165, 1.54) is 5.56 Å². The summed E-state index contributed by atoms with van der Waals surface area (Å²) >= 11 is 0. The van der Waals surface area contributed by atoms with E-state index >= 15 is 0 Å². The summed E-state index contributed by atoms with van der Waals surface area (Å²) in [4.78, 5) is 25.8. The number of aromatic nitrogens is 4. The summed E-state index contributed by atoms with van der Waals surface area (Å²) in [7, 11) is 1.82. The van der Waals surface area contributed by atoms with Crippen molar-refractivity contribution in [1.29, 1.82) is 0 Å². The summed E-state index contributed by atoms with van der Waals surface area (Å²) in [6.07, 6.45) is 1.74. The van der Waals surface area contributed by atoms with Gasteiger partial charge in [0.1, 0.15) is 5.69 Å². The molecule has 2 amide bonds. The van der Waals surface area contributed by atoms with Crippen LogP contribution in [0.2, 0.25) is 0 Å². The van der Waals surface area contributed by atoms with Crippen LogP contribution in [0.25, 0.3) is 11.3 Å². The Bertz CT molecular complexity index is 1380. The van der Waals surface area contributed by atoms with Crippen molar-refractivity contribution in [1.82, 2.24) is 24.9 Å². The third-order valence-electron chi connectivity index (χ3n) is 6.16. The molecule has 2 heterocycles. The first-order chi connectivity index (χ1) is 16.7. The molecule has 0 radical (unpaired) electrons. The zero-order chi connectivity index (χ0) is 25.1. The molecular weight excluding hydrogens is 440 g/mol. The minimum atomic E-state index is -0.354. The van der Waals surface area contributed by atoms with Gasteiger partial charge in [0.2, 0.25) is 5.91 Å². The first-order valence-electron chi connectivity index (χ1n) is 11.5. The number of aryl methyl sites for hydroxylation is 4. The zero-order valence-corrected chi connectivity index (χ0v) is 20.7. The van der Waals surface area contributed by atoms with Crippen LogP contribution < -0.4 is 10.6 Å². The van der Waals surface area contributed by atoms with E-state index in [1.807, 2.05) is 83.3 Å². The molecule has 0 aliphatic rings. The van der Waals surface area contributed by atoms with Gasteiger partial charge in [0, 0.05) is 18.8 Å². The molecule has 180 valence electrons. The van der Waals surface area contributed by atoms with E-state index in [0.29, 0.717) is 23.5 Å². The van der Waals surface area contributed by atoms with Gasteiger partial charge in [0.25, 0.3) is 5.91 Å². The van der Waals surface area contributed by atoms with Gasteiger partial charge in [-0.05, 0) is 50.5 Å². The average molecular weight is 471 g/mol. The second kappa shape index (κ2) is 9.97. The van der Waals surface area contributed by atoms with Crippen LogP contribution in [0, 0.1) is 27.7 Å². The van der Waals surface area contributed by atoms with E-state index in [-0.39, 0.29) is 18.4 Å². The second-order valence-corrected chi connectivity index (χ2v) is 8.77. The van der Waals surface area contributed by atoms with E-state index in [4.69, 9.17) is 5.10 Å². The number of carbonyl (C=O) groups excluding carboxylic acids is 2. The van der Waals surface area contributed by atoms with Gasteiger partial charge in [-0.3, -0.25) is 19.0 Å². The van der Waals surface area contributed by atoms with Crippen LogP contribution in [0.4, 0.5) is 5.69 Å². The monoisotopic (exact) mass is 470 g/mol. The summed E-state index contributed by atoms with van der Waals surface area (Å²) in [6, 6.07) is 16.0. The Balaban J connectivity index is 1.56. The Morgan fingerprint density at radius 3 is 2.34 bits per heavy atom. The van der Waals surface area contributed by atoms with Gasteiger partial charge in [-0.15, -0.1) is 0 Å². The van der Waals surface area contributed by atoms with Crippen LogP contribution >= 0.6 is 0 Å². The van der Waals surface area contributed by atoms with Gasteiger partial charge in [0.15, 0.2) is 0 Å². The minimum Gasteiger partial charge on any atom is -0.343 e. The maximum absolute atomic E-state index is 13.2. The Morgan fingerprint density at radius 1 is 0.943 bits per heavy atom. The lowest BCUT2D eigenvalue weighted by molar-refractivity contribution is -0.115. The van der Waals surface area contributed by atoms with E-state index in [0.717, 1.165) is 28.1 Å². The quantitative estimate of drug-likeness (QED) is 0.428. The second-order valence-electron chi connectivity index (χ2n) is 8.77. The molecule has 0 aliphatic heterocycles.